The van der Waals surface area contributed by atoms with E-state index < -0.39 is 11.2 Å². The van der Waals surface area contributed by atoms with Gasteiger partial charge in [0.05, 0.1) is 11.0 Å². The maximum atomic E-state index is 13.2. The topological polar surface area (TPSA) is 67.0 Å². The highest BCUT2D eigenvalue weighted by Gasteiger charge is 2.28. The number of hydrogen-bond donors (Lipinski definition) is 2. The summed E-state index contributed by atoms with van der Waals surface area (Å²) in [5.74, 6) is 0.451. The molecule has 1 aliphatic heterocycles. The van der Waals surface area contributed by atoms with Crippen molar-refractivity contribution in [3.05, 3.63) is 65.7 Å². The molecule has 6 heteroatoms. The van der Waals surface area contributed by atoms with Gasteiger partial charge in [-0.05, 0) is 43.5 Å². The molecule has 2 heterocycles. The van der Waals surface area contributed by atoms with Crippen molar-refractivity contribution >= 4 is 27.9 Å². The Balaban J connectivity index is 1.64. The molecule has 2 atom stereocenters. The lowest BCUT2D eigenvalue weighted by atomic mass is 9.93. The van der Waals surface area contributed by atoms with Crippen molar-refractivity contribution < 1.29 is 4.55 Å². The Morgan fingerprint density at radius 1 is 1.38 bits per heavy atom. The van der Waals surface area contributed by atoms with Gasteiger partial charge in [0, 0.05) is 48.1 Å². The lowest BCUT2D eigenvalue weighted by Crippen LogP contribution is -2.36. The second kappa shape index (κ2) is 8.61. The summed E-state index contributed by atoms with van der Waals surface area (Å²) < 4.78 is 13.2. The minimum absolute atomic E-state index is 0.299. The third-order valence-electron chi connectivity index (χ3n) is 5.54. The molecular formula is C23H28N4OS. The molecule has 3 aromatic rings. The summed E-state index contributed by atoms with van der Waals surface area (Å²) in [4.78, 5) is 10.2. The number of fused-ring (bicyclic) bond motifs is 2. The summed E-state index contributed by atoms with van der Waals surface area (Å²) in [7, 11) is 0. The number of aromatic amines is 1. The Bertz CT molecular complexity index is 1020. The zero-order valence-electron chi connectivity index (χ0n) is 17.1. The molecule has 0 fully saturated rings. The maximum Gasteiger partial charge on any atom is 0.321 e. The normalized spacial score (nSPS) is 17.3. The first-order chi connectivity index (χ1) is 14.1. The molecule has 0 saturated heterocycles. The average molecular weight is 409 g/mol. The maximum absolute atomic E-state index is 13.2. The molecule has 0 bridgehead atoms. The van der Waals surface area contributed by atoms with E-state index in [1.165, 1.54) is 11.3 Å². The fraction of sp³-hybridized carbons (Fsp3) is 0.348. The van der Waals surface area contributed by atoms with Crippen LogP contribution < -0.4 is 10.2 Å². The number of rotatable bonds is 7. The summed E-state index contributed by atoms with van der Waals surface area (Å²) in [5, 5.41) is 4.11. The van der Waals surface area contributed by atoms with Gasteiger partial charge in [-0.25, -0.2) is 0 Å². The van der Waals surface area contributed by atoms with Gasteiger partial charge in [-0.2, -0.15) is 4.98 Å². The molecule has 0 spiro atoms. The molecule has 1 aliphatic rings. The molecule has 0 amide bonds. The average Bonchev–Trinajstić information content (AvgIpc) is 3.15. The number of aryl methyl sites for hydroxylation is 1. The van der Waals surface area contributed by atoms with Crippen LogP contribution in [0.3, 0.4) is 0 Å². The Morgan fingerprint density at radius 2 is 2.24 bits per heavy atom. The SMILES string of the molecule is C=CCNC1CCN(CC)c2c(C[S+]([O-])c3nc4cc(C)ccc4[nH]3)cccc21. The van der Waals surface area contributed by atoms with Crippen molar-refractivity contribution in [2.45, 2.75) is 37.2 Å². The van der Waals surface area contributed by atoms with E-state index in [9.17, 15) is 4.55 Å². The van der Waals surface area contributed by atoms with E-state index in [-0.39, 0.29) is 0 Å². The van der Waals surface area contributed by atoms with Crippen LogP contribution in [0.1, 0.15) is 36.1 Å². The predicted octanol–water partition coefficient (Wildman–Crippen LogP) is 4.23. The van der Waals surface area contributed by atoms with Gasteiger partial charge in [0.15, 0.2) is 0 Å². The zero-order valence-corrected chi connectivity index (χ0v) is 17.9. The van der Waals surface area contributed by atoms with Gasteiger partial charge in [0.2, 0.25) is 0 Å². The van der Waals surface area contributed by atoms with Crippen LogP contribution >= 0.6 is 0 Å². The van der Waals surface area contributed by atoms with Crippen LogP contribution in [0.15, 0.2) is 54.2 Å². The molecule has 152 valence electrons. The fourth-order valence-corrected chi connectivity index (χ4v) is 5.19. The van der Waals surface area contributed by atoms with Crippen molar-refractivity contribution in [2.75, 3.05) is 24.5 Å². The second-order valence-electron chi connectivity index (χ2n) is 7.53. The molecular weight excluding hydrogens is 380 g/mol. The summed E-state index contributed by atoms with van der Waals surface area (Å²) in [6.07, 6.45) is 2.96. The summed E-state index contributed by atoms with van der Waals surface area (Å²) in [6.45, 7) is 10.8. The molecule has 4 rings (SSSR count). The Hall–Kier alpha value is -2.28. The summed E-state index contributed by atoms with van der Waals surface area (Å²) in [6, 6.07) is 12.7. The number of hydrogen-bond acceptors (Lipinski definition) is 4. The number of nitrogens with one attached hydrogen (secondary N) is 2. The number of H-pyrrole nitrogens is 1. The first-order valence-electron chi connectivity index (χ1n) is 10.2. The Labute approximate surface area is 175 Å². The Morgan fingerprint density at radius 3 is 3.03 bits per heavy atom. The van der Waals surface area contributed by atoms with Crippen LogP contribution in [0.4, 0.5) is 5.69 Å². The van der Waals surface area contributed by atoms with Crippen molar-refractivity contribution in [2.24, 2.45) is 0 Å². The van der Waals surface area contributed by atoms with Crippen molar-refractivity contribution in [1.82, 2.24) is 15.3 Å². The van der Waals surface area contributed by atoms with Crippen LogP contribution in [0.25, 0.3) is 11.0 Å². The lowest BCUT2D eigenvalue weighted by Gasteiger charge is -2.37. The van der Waals surface area contributed by atoms with Crippen molar-refractivity contribution in [3.8, 4) is 0 Å². The summed E-state index contributed by atoms with van der Waals surface area (Å²) >= 11 is -1.24. The van der Waals surface area contributed by atoms with Gasteiger partial charge < -0.3 is 14.8 Å². The van der Waals surface area contributed by atoms with E-state index in [2.05, 4.69) is 51.9 Å². The third-order valence-corrected chi connectivity index (χ3v) is 6.74. The first-order valence-corrected chi connectivity index (χ1v) is 11.5. The molecule has 0 radical (unpaired) electrons. The molecule has 2 N–H and O–H groups in total. The zero-order chi connectivity index (χ0) is 20.4. The van der Waals surface area contributed by atoms with Gasteiger partial charge >= 0.3 is 5.16 Å². The van der Waals surface area contributed by atoms with Crippen molar-refractivity contribution in [1.29, 1.82) is 0 Å². The van der Waals surface area contributed by atoms with E-state index in [0.717, 1.165) is 48.2 Å². The minimum atomic E-state index is -1.24. The third kappa shape index (κ3) is 4.06. The van der Waals surface area contributed by atoms with Crippen LogP contribution in [-0.2, 0) is 16.9 Å². The van der Waals surface area contributed by atoms with E-state index in [1.807, 2.05) is 31.2 Å². The van der Waals surface area contributed by atoms with Crippen LogP contribution in [0.2, 0.25) is 0 Å². The van der Waals surface area contributed by atoms with E-state index >= 15 is 0 Å². The van der Waals surface area contributed by atoms with E-state index in [1.54, 1.807) is 0 Å². The standard InChI is InChI=1S/C23H28N4OS/c1-4-12-24-19-11-13-27(5-2)22-17(7-6-8-18(19)22)15-29(28)23-25-20-10-9-16(3)14-21(20)26-23/h4,6-10,14,19,24H,1,5,11-13,15H2,2-3H3,(H,25,26). The number of para-hydroxylation sites is 1. The van der Waals surface area contributed by atoms with Crippen LogP contribution in [-0.4, -0.2) is 34.2 Å². The minimum Gasteiger partial charge on any atom is -0.609 e. The molecule has 2 aromatic carbocycles. The first kappa shape index (κ1) is 20.0. The number of aromatic nitrogens is 2. The molecule has 2 unspecified atom stereocenters. The predicted molar refractivity (Wildman–Crippen MR) is 121 cm³/mol. The smallest absolute Gasteiger partial charge is 0.321 e. The van der Waals surface area contributed by atoms with Gasteiger partial charge in [-0.15, -0.1) is 6.58 Å². The highest BCUT2D eigenvalue weighted by molar-refractivity contribution is 7.90. The number of benzene rings is 2. The lowest BCUT2D eigenvalue weighted by molar-refractivity contribution is 0.501. The quantitative estimate of drug-likeness (QED) is 0.454. The highest BCUT2D eigenvalue weighted by atomic mass is 32.2. The highest BCUT2D eigenvalue weighted by Crippen LogP contribution is 2.37. The van der Waals surface area contributed by atoms with Crippen LogP contribution in [0, 0.1) is 6.92 Å². The molecule has 0 saturated carbocycles. The number of imidazole rings is 1. The Kier molecular flexibility index (Phi) is 5.94. The van der Waals surface area contributed by atoms with Gasteiger partial charge in [0.25, 0.3) is 0 Å². The number of anilines is 1. The molecule has 0 aliphatic carbocycles. The van der Waals surface area contributed by atoms with Gasteiger partial charge in [0.1, 0.15) is 5.75 Å². The monoisotopic (exact) mass is 408 g/mol. The van der Waals surface area contributed by atoms with Gasteiger partial charge in [-0.1, -0.05) is 30.3 Å². The van der Waals surface area contributed by atoms with Gasteiger partial charge in [-0.3, -0.25) is 4.98 Å². The van der Waals surface area contributed by atoms with Crippen LogP contribution in [0.5, 0.6) is 0 Å². The van der Waals surface area contributed by atoms with E-state index in [4.69, 9.17) is 0 Å². The molecule has 1 aromatic heterocycles. The van der Waals surface area contributed by atoms with E-state index in [0.29, 0.717) is 17.0 Å². The molecule has 29 heavy (non-hydrogen) atoms. The summed E-state index contributed by atoms with van der Waals surface area (Å²) in [5.41, 5.74) is 6.57. The fourth-order valence-electron chi connectivity index (χ4n) is 4.11. The van der Waals surface area contributed by atoms with Crippen molar-refractivity contribution in [3.63, 3.8) is 0 Å². The number of nitrogens with zero attached hydrogens (tertiary/aromatic N) is 2. The molecule has 5 nitrogen and oxygen atoms in total. The largest absolute Gasteiger partial charge is 0.609 e. The second-order valence-corrected chi connectivity index (χ2v) is 8.89.